The first-order valence-electron chi connectivity index (χ1n) is 10.1. The van der Waals surface area contributed by atoms with Crippen molar-refractivity contribution in [2.24, 2.45) is 5.10 Å². The van der Waals surface area contributed by atoms with Gasteiger partial charge in [-0.3, -0.25) is 4.79 Å². The molecule has 0 heterocycles. The molecule has 0 atom stereocenters. The van der Waals surface area contributed by atoms with Gasteiger partial charge in [0.05, 0.1) is 16.8 Å². The maximum absolute atomic E-state index is 12.6. The van der Waals surface area contributed by atoms with E-state index in [-0.39, 0.29) is 6.61 Å². The average molecular weight is 459 g/mol. The van der Waals surface area contributed by atoms with Gasteiger partial charge in [0.25, 0.3) is 5.91 Å². The van der Waals surface area contributed by atoms with Crippen LogP contribution in [0.1, 0.15) is 15.9 Å². The molecule has 0 bridgehead atoms. The molecule has 164 valence electrons. The van der Waals surface area contributed by atoms with E-state index in [1.807, 2.05) is 36.4 Å². The molecule has 0 unspecified atom stereocenters. The lowest BCUT2D eigenvalue weighted by Gasteiger charge is -2.10. The van der Waals surface area contributed by atoms with Crippen LogP contribution in [0.5, 0.6) is 11.5 Å². The van der Waals surface area contributed by atoms with E-state index in [4.69, 9.17) is 21.1 Å². The number of fused-ring (bicyclic) bond motifs is 1. The Labute approximate surface area is 195 Å². The monoisotopic (exact) mass is 458 g/mol. The minimum Gasteiger partial charge on any atom is -0.482 e. The first-order valence-corrected chi connectivity index (χ1v) is 10.5. The number of esters is 1. The lowest BCUT2D eigenvalue weighted by atomic mass is 10.0. The Morgan fingerprint density at radius 2 is 1.58 bits per heavy atom. The number of hydrazone groups is 1. The molecule has 0 radical (unpaired) electrons. The van der Waals surface area contributed by atoms with Gasteiger partial charge in [0.15, 0.2) is 6.61 Å². The molecule has 1 N–H and O–H groups in total. The second-order valence-electron chi connectivity index (χ2n) is 6.97. The normalized spacial score (nSPS) is 10.8. The summed E-state index contributed by atoms with van der Waals surface area (Å²) in [6, 6.07) is 26.7. The summed E-state index contributed by atoms with van der Waals surface area (Å²) >= 11 is 6.02. The molecule has 0 aliphatic carbocycles. The fourth-order valence-electron chi connectivity index (χ4n) is 3.14. The van der Waals surface area contributed by atoms with Crippen LogP contribution >= 0.6 is 11.6 Å². The van der Waals surface area contributed by atoms with Crippen molar-refractivity contribution in [3.63, 3.8) is 0 Å². The van der Waals surface area contributed by atoms with Crippen LogP contribution in [-0.4, -0.2) is 24.7 Å². The molecule has 0 aliphatic rings. The topological polar surface area (TPSA) is 77.0 Å². The van der Waals surface area contributed by atoms with Crippen LogP contribution in [0, 0.1) is 0 Å². The molecule has 4 aromatic rings. The largest absolute Gasteiger partial charge is 0.482 e. The van der Waals surface area contributed by atoms with Crippen molar-refractivity contribution in [1.29, 1.82) is 0 Å². The number of amides is 1. The number of rotatable bonds is 7. The highest BCUT2D eigenvalue weighted by Gasteiger charge is 2.13. The zero-order chi connectivity index (χ0) is 23.0. The molecule has 4 rings (SSSR count). The molecule has 0 saturated carbocycles. The summed E-state index contributed by atoms with van der Waals surface area (Å²) in [5.74, 6) is -0.220. The van der Waals surface area contributed by atoms with Gasteiger partial charge in [-0.1, -0.05) is 72.3 Å². The number of hydrogen-bond donors (Lipinski definition) is 1. The summed E-state index contributed by atoms with van der Waals surface area (Å²) in [4.78, 5) is 24.7. The molecule has 0 spiro atoms. The molecule has 0 fully saturated rings. The maximum atomic E-state index is 12.6. The van der Waals surface area contributed by atoms with Crippen LogP contribution in [0.25, 0.3) is 10.8 Å². The van der Waals surface area contributed by atoms with Crippen molar-refractivity contribution in [2.75, 3.05) is 6.61 Å². The van der Waals surface area contributed by atoms with E-state index >= 15 is 0 Å². The van der Waals surface area contributed by atoms with Crippen molar-refractivity contribution in [2.45, 2.75) is 0 Å². The summed E-state index contributed by atoms with van der Waals surface area (Å²) < 4.78 is 11.0. The Morgan fingerprint density at radius 3 is 2.39 bits per heavy atom. The number of para-hydroxylation sites is 1. The lowest BCUT2D eigenvalue weighted by Crippen LogP contribution is -2.24. The van der Waals surface area contributed by atoms with E-state index in [1.165, 1.54) is 6.21 Å². The highest BCUT2D eigenvalue weighted by Crippen LogP contribution is 2.27. The third kappa shape index (κ3) is 5.56. The van der Waals surface area contributed by atoms with Crippen LogP contribution in [0.3, 0.4) is 0 Å². The molecule has 0 aromatic heterocycles. The number of hydrogen-bond acceptors (Lipinski definition) is 5. The number of halogens is 1. The van der Waals surface area contributed by atoms with Gasteiger partial charge in [0.1, 0.15) is 11.5 Å². The van der Waals surface area contributed by atoms with Gasteiger partial charge in [-0.2, -0.15) is 5.10 Å². The minimum absolute atomic E-state index is 0.257. The third-order valence-corrected chi connectivity index (χ3v) is 5.03. The maximum Gasteiger partial charge on any atom is 0.343 e. The zero-order valence-electron chi connectivity index (χ0n) is 17.4. The SMILES string of the molecule is O=C(COc1ccccc1Cl)N/N=C/c1c(OC(=O)c2ccccc2)ccc2ccccc12. The van der Waals surface area contributed by atoms with E-state index in [0.29, 0.717) is 27.6 Å². The quantitative estimate of drug-likeness (QED) is 0.178. The Hall–Kier alpha value is -4.16. The van der Waals surface area contributed by atoms with E-state index in [9.17, 15) is 9.59 Å². The second-order valence-corrected chi connectivity index (χ2v) is 7.37. The molecular weight excluding hydrogens is 440 g/mol. The van der Waals surface area contributed by atoms with Crippen molar-refractivity contribution in [3.8, 4) is 11.5 Å². The molecule has 1 amide bonds. The molecular formula is C26H19ClN2O4. The van der Waals surface area contributed by atoms with Gasteiger partial charge in [-0.15, -0.1) is 0 Å². The van der Waals surface area contributed by atoms with E-state index in [2.05, 4.69) is 10.5 Å². The molecule has 0 saturated heterocycles. The number of ether oxygens (including phenoxy) is 2. The Bertz CT molecular complexity index is 1320. The Morgan fingerprint density at radius 1 is 0.848 bits per heavy atom. The van der Waals surface area contributed by atoms with Crippen molar-refractivity contribution in [1.82, 2.24) is 5.43 Å². The van der Waals surface area contributed by atoms with Crippen molar-refractivity contribution < 1.29 is 19.1 Å². The summed E-state index contributed by atoms with van der Waals surface area (Å²) in [5, 5.41) is 6.21. The Kier molecular flexibility index (Phi) is 6.97. The summed E-state index contributed by atoms with van der Waals surface area (Å²) in [6.45, 7) is -0.257. The van der Waals surface area contributed by atoms with Gasteiger partial charge in [-0.05, 0) is 41.1 Å². The van der Waals surface area contributed by atoms with E-state index in [1.54, 1.807) is 54.6 Å². The Balaban J connectivity index is 1.51. The fourth-order valence-corrected chi connectivity index (χ4v) is 3.33. The lowest BCUT2D eigenvalue weighted by molar-refractivity contribution is -0.123. The van der Waals surface area contributed by atoms with Crippen LogP contribution in [0.4, 0.5) is 0 Å². The standard InChI is InChI=1S/C26H19ClN2O4/c27-22-12-6-7-13-24(22)32-17-25(30)29-28-16-21-20-11-5-4-8-18(20)14-15-23(21)33-26(31)19-9-2-1-3-10-19/h1-16H,17H2,(H,29,30)/b28-16+. The van der Waals surface area contributed by atoms with Crippen LogP contribution in [-0.2, 0) is 4.79 Å². The summed E-state index contributed by atoms with van der Waals surface area (Å²) in [6.07, 6.45) is 1.45. The number of carbonyl (C=O) groups excluding carboxylic acids is 2. The smallest absolute Gasteiger partial charge is 0.343 e. The molecule has 33 heavy (non-hydrogen) atoms. The number of benzene rings is 4. The predicted octanol–water partition coefficient (Wildman–Crippen LogP) is 5.24. The minimum atomic E-state index is -0.488. The van der Waals surface area contributed by atoms with Gasteiger partial charge in [-0.25, -0.2) is 10.2 Å². The van der Waals surface area contributed by atoms with Gasteiger partial charge >= 0.3 is 5.97 Å². The molecule has 0 aliphatic heterocycles. The summed E-state index contributed by atoms with van der Waals surface area (Å²) in [7, 11) is 0. The number of nitrogens with zero attached hydrogens (tertiary/aromatic N) is 1. The third-order valence-electron chi connectivity index (χ3n) is 4.72. The van der Waals surface area contributed by atoms with Gasteiger partial charge < -0.3 is 9.47 Å². The van der Waals surface area contributed by atoms with E-state index in [0.717, 1.165) is 10.8 Å². The highest BCUT2D eigenvalue weighted by molar-refractivity contribution is 6.32. The number of carbonyl (C=O) groups is 2. The highest BCUT2D eigenvalue weighted by atomic mass is 35.5. The van der Waals surface area contributed by atoms with Crippen molar-refractivity contribution in [3.05, 3.63) is 107 Å². The zero-order valence-corrected chi connectivity index (χ0v) is 18.2. The predicted molar refractivity (Wildman–Crippen MR) is 128 cm³/mol. The number of nitrogens with one attached hydrogen (secondary N) is 1. The van der Waals surface area contributed by atoms with Crippen LogP contribution < -0.4 is 14.9 Å². The van der Waals surface area contributed by atoms with Crippen LogP contribution in [0.15, 0.2) is 96.1 Å². The van der Waals surface area contributed by atoms with Gasteiger partial charge in [0.2, 0.25) is 0 Å². The molecule has 6 nitrogen and oxygen atoms in total. The first-order chi connectivity index (χ1) is 16.1. The van der Waals surface area contributed by atoms with Crippen LogP contribution in [0.2, 0.25) is 5.02 Å². The second kappa shape index (κ2) is 10.4. The van der Waals surface area contributed by atoms with Gasteiger partial charge in [0, 0.05) is 5.56 Å². The first kappa shape index (κ1) is 22.0. The summed E-state index contributed by atoms with van der Waals surface area (Å²) in [5.41, 5.74) is 3.41. The molecule has 4 aromatic carbocycles. The average Bonchev–Trinajstić information content (AvgIpc) is 2.85. The molecule has 7 heteroatoms. The van der Waals surface area contributed by atoms with E-state index < -0.39 is 11.9 Å². The fraction of sp³-hybridized carbons (Fsp3) is 0.0385. The van der Waals surface area contributed by atoms with Crippen molar-refractivity contribution >= 4 is 40.5 Å².